The van der Waals surface area contributed by atoms with E-state index in [9.17, 15) is 26.4 Å². The van der Waals surface area contributed by atoms with Gasteiger partial charge in [0.15, 0.2) is 0 Å². The van der Waals surface area contributed by atoms with E-state index in [2.05, 4.69) is 0 Å². The zero-order chi connectivity index (χ0) is 16.3. The molecule has 1 atom stereocenters. The van der Waals surface area contributed by atoms with Gasteiger partial charge in [-0.2, -0.15) is 13.2 Å². The van der Waals surface area contributed by atoms with Gasteiger partial charge < -0.3 is 5.11 Å². The number of sulfonamides is 1. The van der Waals surface area contributed by atoms with E-state index in [1.807, 2.05) is 4.72 Å². The Morgan fingerprint density at radius 2 is 1.90 bits per heavy atom. The fourth-order valence-electron chi connectivity index (χ4n) is 1.70. The number of carboxylic acid groups (broad SMARTS) is 1. The summed E-state index contributed by atoms with van der Waals surface area (Å²) in [6, 6.07) is 2.76. The van der Waals surface area contributed by atoms with Crippen LogP contribution in [0.1, 0.15) is 25.3 Å². The number of hydrogen-bond acceptors (Lipinski definition) is 3. The topological polar surface area (TPSA) is 83.5 Å². The van der Waals surface area contributed by atoms with Gasteiger partial charge in [0.1, 0.15) is 0 Å². The zero-order valence-corrected chi connectivity index (χ0v) is 11.8. The molecule has 0 saturated carbocycles. The molecule has 21 heavy (non-hydrogen) atoms. The Balaban J connectivity index is 3.17. The average Bonchev–Trinajstić information content (AvgIpc) is 2.36. The third-order valence-corrected chi connectivity index (χ3v) is 4.30. The molecule has 0 radical (unpaired) electrons. The van der Waals surface area contributed by atoms with E-state index < -0.39 is 45.1 Å². The number of hydrogen-bond donors (Lipinski definition) is 2. The van der Waals surface area contributed by atoms with Crippen LogP contribution in [0.2, 0.25) is 0 Å². The second kappa shape index (κ2) is 6.44. The second-order valence-electron chi connectivity index (χ2n) is 4.32. The van der Waals surface area contributed by atoms with Crippen LogP contribution in [0.3, 0.4) is 0 Å². The molecule has 0 bridgehead atoms. The molecule has 5 nitrogen and oxygen atoms in total. The van der Waals surface area contributed by atoms with Crippen molar-refractivity contribution in [3.63, 3.8) is 0 Å². The molecule has 1 aromatic carbocycles. The molecule has 0 aliphatic carbocycles. The second-order valence-corrected chi connectivity index (χ2v) is 6.00. The highest BCUT2D eigenvalue weighted by molar-refractivity contribution is 7.89. The van der Waals surface area contributed by atoms with Crippen LogP contribution in [-0.4, -0.2) is 25.5 Å². The van der Waals surface area contributed by atoms with Crippen LogP contribution < -0.4 is 4.72 Å². The van der Waals surface area contributed by atoms with Gasteiger partial charge in [0.05, 0.1) is 16.9 Å². The highest BCUT2D eigenvalue weighted by atomic mass is 32.2. The molecule has 0 amide bonds. The average molecular weight is 325 g/mol. The lowest BCUT2D eigenvalue weighted by molar-refractivity contribution is -0.140. The van der Waals surface area contributed by atoms with Crippen LogP contribution >= 0.6 is 0 Å². The van der Waals surface area contributed by atoms with Crippen molar-refractivity contribution in [2.24, 2.45) is 0 Å². The maximum atomic E-state index is 12.8. The molecule has 0 spiro atoms. The summed E-state index contributed by atoms with van der Waals surface area (Å²) < 4.78 is 64.6. The molecular formula is C12H14F3NO4S. The third kappa shape index (κ3) is 4.71. The van der Waals surface area contributed by atoms with Gasteiger partial charge >= 0.3 is 12.1 Å². The van der Waals surface area contributed by atoms with Gasteiger partial charge in [-0.3, -0.25) is 4.79 Å². The Bertz CT molecular complexity index is 613. The molecule has 0 aliphatic rings. The van der Waals surface area contributed by atoms with Crippen molar-refractivity contribution >= 4 is 16.0 Å². The summed E-state index contributed by atoms with van der Waals surface area (Å²) in [7, 11) is -4.46. The Morgan fingerprint density at radius 3 is 2.38 bits per heavy atom. The van der Waals surface area contributed by atoms with Crippen molar-refractivity contribution in [2.75, 3.05) is 0 Å². The summed E-state index contributed by atoms with van der Waals surface area (Å²) >= 11 is 0. The lowest BCUT2D eigenvalue weighted by Gasteiger charge is -2.18. The van der Waals surface area contributed by atoms with Crippen LogP contribution in [0.15, 0.2) is 29.2 Å². The molecule has 0 saturated heterocycles. The minimum atomic E-state index is -4.82. The summed E-state index contributed by atoms with van der Waals surface area (Å²) in [4.78, 5) is 9.69. The number of halogens is 3. The molecule has 0 aliphatic heterocycles. The van der Waals surface area contributed by atoms with Crippen LogP contribution in [0, 0.1) is 0 Å². The van der Waals surface area contributed by atoms with Crippen molar-refractivity contribution in [1.29, 1.82) is 0 Å². The van der Waals surface area contributed by atoms with Gasteiger partial charge in [-0.1, -0.05) is 19.1 Å². The predicted octanol–water partition coefficient (Wildman–Crippen LogP) is 2.24. The van der Waals surface area contributed by atoms with Crippen LogP contribution in [0.25, 0.3) is 0 Å². The van der Waals surface area contributed by atoms with E-state index in [0.29, 0.717) is 6.07 Å². The smallest absolute Gasteiger partial charge is 0.417 e. The third-order valence-electron chi connectivity index (χ3n) is 2.72. The first-order valence-electron chi connectivity index (χ1n) is 5.98. The zero-order valence-electron chi connectivity index (χ0n) is 11.0. The van der Waals surface area contributed by atoms with Crippen molar-refractivity contribution in [2.45, 2.75) is 36.9 Å². The standard InChI is InChI=1S/C12H14F3NO4S/c1-2-8(7-11(17)18)16-21(19,20)10-6-4-3-5-9(10)12(13,14)15/h3-6,8,16H,2,7H2,1H3,(H,17,18). The normalized spacial score (nSPS) is 13.9. The Kier molecular flexibility index (Phi) is 5.35. The van der Waals surface area contributed by atoms with E-state index in [4.69, 9.17) is 5.11 Å². The monoisotopic (exact) mass is 325 g/mol. The number of benzene rings is 1. The molecule has 1 rings (SSSR count). The first-order valence-corrected chi connectivity index (χ1v) is 7.46. The van der Waals surface area contributed by atoms with Crippen molar-refractivity contribution < 1.29 is 31.5 Å². The number of aliphatic carboxylic acids is 1. The summed E-state index contributed by atoms with van der Waals surface area (Å²) in [6.07, 6.45) is -5.19. The molecular weight excluding hydrogens is 311 g/mol. The van der Waals surface area contributed by atoms with Gasteiger partial charge in [0.25, 0.3) is 0 Å². The molecule has 2 N–H and O–H groups in total. The molecule has 9 heteroatoms. The summed E-state index contributed by atoms with van der Waals surface area (Å²) in [5.74, 6) is -1.24. The van der Waals surface area contributed by atoms with Gasteiger partial charge in [-0.25, -0.2) is 13.1 Å². The van der Waals surface area contributed by atoms with E-state index >= 15 is 0 Å². The number of alkyl halides is 3. The lowest BCUT2D eigenvalue weighted by atomic mass is 10.2. The number of nitrogens with one attached hydrogen (secondary N) is 1. The van der Waals surface area contributed by atoms with E-state index in [0.717, 1.165) is 12.1 Å². The van der Waals surface area contributed by atoms with Crippen LogP contribution in [0.4, 0.5) is 13.2 Å². The quantitative estimate of drug-likeness (QED) is 0.840. The summed E-state index contributed by atoms with van der Waals surface area (Å²) in [5, 5.41) is 8.65. The number of rotatable bonds is 6. The summed E-state index contributed by atoms with van der Waals surface area (Å²) in [5.41, 5.74) is -1.29. The molecule has 0 aromatic heterocycles. The molecule has 1 unspecified atom stereocenters. The van der Waals surface area contributed by atoms with E-state index in [-0.39, 0.29) is 6.42 Å². The van der Waals surface area contributed by atoms with Crippen molar-refractivity contribution in [3.8, 4) is 0 Å². The Labute approximate surface area is 119 Å². The minimum absolute atomic E-state index is 0.139. The fourth-order valence-corrected chi connectivity index (χ4v) is 3.24. The number of carboxylic acids is 1. The van der Waals surface area contributed by atoms with E-state index in [1.165, 1.54) is 13.0 Å². The maximum Gasteiger partial charge on any atom is 0.417 e. The van der Waals surface area contributed by atoms with Crippen molar-refractivity contribution in [1.82, 2.24) is 4.72 Å². The Hall–Kier alpha value is -1.61. The van der Waals surface area contributed by atoms with E-state index in [1.54, 1.807) is 0 Å². The maximum absolute atomic E-state index is 12.8. The van der Waals surface area contributed by atoms with Gasteiger partial charge in [0.2, 0.25) is 10.0 Å². The molecule has 1 aromatic rings. The SMILES string of the molecule is CCC(CC(=O)O)NS(=O)(=O)c1ccccc1C(F)(F)F. The fraction of sp³-hybridized carbons (Fsp3) is 0.417. The van der Waals surface area contributed by atoms with Gasteiger partial charge in [-0.05, 0) is 18.6 Å². The molecule has 0 fully saturated rings. The van der Waals surface area contributed by atoms with Gasteiger partial charge in [0, 0.05) is 6.04 Å². The number of carbonyl (C=O) groups is 1. The molecule has 0 heterocycles. The Morgan fingerprint density at radius 1 is 1.33 bits per heavy atom. The lowest BCUT2D eigenvalue weighted by Crippen LogP contribution is -2.36. The van der Waals surface area contributed by atoms with Gasteiger partial charge in [-0.15, -0.1) is 0 Å². The van der Waals surface area contributed by atoms with Crippen LogP contribution in [0.5, 0.6) is 0 Å². The highest BCUT2D eigenvalue weighted by Gasteiger charge is 2.37. The largest absolute Gasteiger partial charge is 0.481 e. The highest BCUT2D eigenvalue weighted by Crippen LogP contribution is 2.33. The minimum Gasteiger partial charge on any atom is -0.481 e. The molecule has 118 valence electrons. The summed E-state index contributed by atoms with van der Waals surface area (Å²) in [6.45, 7) is 1.53. The van der Waals surface area contributed by atoms with Crippen LogP contribution in [-0.2, 0) is 21.0 Å². The predicted molar refractivity (Wildman–Crippen MR) is 68.1 cm³/mol. The first-order chi connectivity index (χ1) is 9.58. The first kappa shape index (κ1) is 17.4. The van der Waals surface area contributed by atoms with Crippen molar-refractivity contribution in [3.05, 3.63) is 29.8 Å².